The minimum atomic E-state index is -0.281. The van der Waals surface area contributed by atoms with E-state index in [0.29, 0.717) is 27.9 Å². The van der Waals surface area contributed by atoms with Crippen LogP contribution in [0.2, 0.25) is 10.0 Å². The molecule has 1 atom stereocenters. The molecule has 130 valence electrons. The summed E-state index contributed by atoms with van der Waals surface area (Å²) in [5.41, 5.74) is 1.40. The number of ether oxygens (including phenoxy) is 1. The van der Waals surface area contributed by atoms with Crippen LogP contribution in [0.4, 0.5) is 0 Å². The Hall–Kier alpha value is -2.17. The molecule has 0 fully saturated rings. The van der Waals surface area contributed by atoms with Crippen molar-refractivity contribution in [3.63, 3.8) is 0 Å². The number of halogens is 2. The molecule has 0 spiro atoms. The second kappa shape index (κ2) is 7.38. The Morgan fingerprint density at radius 1 is 1.16 bits per heavy atom. The lowest BCUT2D eigenvalue weighted by Gasteiger charge is -2.15. The zero-order valence-electron chi connectivity index (χ0n) is 13.8. The molecule has 25 heavy (non-hydrogen) atoms. The van der Waals surface area contributed by atoms with Crippen LogP contribution in [0.5, 0.6) is 5.75 Å². The average molecular weight is 378 g/mol. The zero-order valence-corrected chi connectivity index (χ0v) is 15.3. The predicted molar refractivity (Wildman–Crippen MR) is 99.8 cm³/mol. The first-order valence-corrected chi connectivity index (χ1v) is 8.58. The Kier molecular flexibility index (Phi) is 5.21. The number of amides is 1. The summed E-state index contributed by atoms with van der Waals surface area (Å²) < 4.78 is 11.4. The first kappa shape index (κ1) is 17.6. The van der Waals surface area contributed by atoms with Crippen LogP contribution in [0.3, 0.4) is 0 Å². The number of fused-ring (bicyclic) bond motifs is 1. The molecule has 0 unspecified atom stereocenters. The highest BCUT2D eigenvalue weighted by Gasteiger charge is 2.18. The van der Waals surface area contributed by atoms with Gasteiger partial charge < -0.3 is 14.5 Å². The average Bonchev–Trinajstić information content (AvgIpc) is 2.91. The van der Waals surface area contributed by atoms with Crippen molar-refractivity contribution in [1.82, 2.24) is 5.32 Å². The number of aryl methyl sites for hydroxylation is 1. The van der Waals surface area contributed by atoms with Crippen LogP contribution in [0.15, 0.2) is 46.9 Å². The molecule has 0 aliphatic rings. The SMILES string of the molecule is Cc1c(C(=O)NC[C@H](C)Oc2ccc(Cl)cc2)oc2ccc(Cl)cc12. The van der Waals surface area contributed by atoms with Gasteiger partial charge in [0.05, 0.1) is 6.54 Å². The predicted octanol–water partition coefficient (Wildman–Crippen LogP) is 5.25. The monoisotopic (exact) mass is 377 g/mol. The minimum Gasteiger partial charge on any atom is -0.489 e. The molecular weight excluding hydrogens is 361 g/mol. The van der Waals surface area contributed by atoms with E-state index in [1.807, 2.05) is 13.8 Å². The highest BCUT2D eigenvalue weighted by atomic mass is 35.5. The summed E-state index contributed by atoms with van der Waals surface area (Å²) in [6.07, 6.45) is -0.204. The van der Waals surface area contributed by atoms with E-state index in [-0.39, 0.29) is 17.8 Å². The van der Waals surface area contributed by atoms with Gasteiger partial charge >= 0.3 is 0 Å². The van der Waals surface area contributed by atoms with Crippen LogP contribution in [-0.4, -0.2) is 18.6 Å². The Balaban J connectivity index is 1.64. The smallest absolute Gasteiger partial charge is 0.287 e. The summed E-state index contributed by atoms with van der Waals surface area (Å²) in [5.74, 6) is 0.702. The number of hydrogen-bond donors (Lipinski definition) is 1. The first-order valence-electron chi connectivity index (χ1n) is 7.83. The van der Waals surface area contributed by atoms with Gasteiger partial charge in [0.15, 0.2) is 5.76 Å². The largest absolute Gasteiger partial charge is 0.489 e. The quantitative estimate of drug-likeness (QED) is 0.660. The van der Waals surface area contributed by atoms with Gasteiger partial charge in [0.25, 0.3) is 5.91 Å². The summed E-state index contributed by atoms with van der Waals surface area (Å²) in [7, 11) is 0. The molecule has 2 aromatic carbocycles. The molecule has 6 heteroatoms. The van der Waals surface area contributed by atoms with Crippen molar-refractivity contribution in [2.75, 3.05) is 6.54 Å². The molecule has 3 rings (SSSR count). The summed E-state index contributed by atoms with van der Waals surface area (Å²) in [6.45, 7) is 4.06. The first-order chi connectivity index (χ1) is 11.9. The van der Waals surface area contributed by atoms with Gasteiger partial charge in [-0.1, -0.05) is 23.2 Å². The third-order valence-electron chi connectivity index (χ3n) is 3.81. The lowest BCUT2D eigenvalue weighted by molar-refractivity contribution is 0.0906. The molecule has 1 heterocycles. The van der Waals surface area contributed by atoms with Gasteiger partial charge in [-0.15, -0.1) is 0 Å². The van der Waals surface area contributed by atoms with E-state index in [0.717, 1.165) is 10.9 Å². The summed E-state index contributed by atoms with van der Waals surface area (Å²) >= 11 is 11.8. The number of carbonyl (C=O) groups is 1. The molecule has 0 aliphatic carbocycles. The maximum absolute atomic E-state index is 12.4. The lowest BCUT2D eigenvalue weighted by Crippen LogP contribution is -2.33. The summed E-state index contributed by atoms with van der Waals surface area (Å²) in [6, 6.07) is 12.4. The van der Waals surface area contributed by atoms with Crippen LogP contribution in [0, 0.1) is 6.92 Å². The molecule has 0 bridgehead atoms. The maximum atomic E-state index is 12.4. The van der Waals surface area contributed by atoms with Gasteiger partial charge in [-0.05, 0) is 56.3 Å². The van der Waals surface area contributed by atoms with Gasteiger partial charge in [0.1, 0.15) is 17.4 Å². The number of carbonyl (C=O) groups excluding carboxylic acids is 1. The molecule has 1 amide bonds. The number of rotatable bonds is 5. The Morgan fingerprint density at radius 3 is 2.56 bits per heavy atom. The Morgan fingerprint density at radius 2 is 1.84 bits per heavy atom. The van der Waals surface area contributed by atoms with Crippen molar-refractivity contribution < 1.29 is 13.9 Å². The van der Waals surface area contributed by atoms with E-state index >= 15 is 0 Å². The summed E-state index contributed by atoms with van der Waals surface area (Å²) in [4.78, 5) is 12.4. The van der Waals surface area contributed by atoms with Crippen molar-refractivity contribution in [3.8, 4) is 5.75 Å². The van der Waals surface area contributed by atoms with Crippen molar-refractivity contribution in [2.45, 2.75) is 20.0 Å². The fourth-order valence-corrected chi connectivity index (χ4v) is 2.81. The van der Waals surface area contributed by atoms with Crippen molar-refractivity contribution in [1.29, 1.82) is 0 Å². The van der Waals surface area contributed by atoms with Crippen LogP contribution < -0.4 is 10.1 Å². The standard InChI is InChI=1S/C19H17Cl2NO3/c1-11(24-15-6-3-13(20)4-7-15)10-22-19(23)18-12(2)16-9-14(21)5-8-17(16)25-18/h3-9,11H,10H2,1-2H3,(H,22,23)/t11-/m0/s1. The highest BCUT2D eigenvalue weighted by molar-refractivity contribution is 6.31. The number of nitrogens with one attached hydrogen (secondary N) is 1. The van der Waals surface area contributed by atoms with Crippen LogP contribution in [0.1, 0.15) is 23.0 Å². The Labute approximate surface area is 155 Å². The third kappa shape index (κ3) is 4.09. The zero-order chi connectivity index (χ0) is 18.0. The van der Waals surface area contributed by atoms with E-state index < -0.39 is 0 Å². The van der Waals surface area contributed by atoms with Crippen LogP contribution in [0.25, 0.3) is 11.0 Å². The molecule has 0 saturated carbocycles. The topological polar surface area (TPSA) is 51.5 Å². The van der Waals surface area contributed by atoms with Gasteiger partial charge in [-0.2, -0.15) is 0 Å². The van der Waals surface area contributed by atoms with E-state index in [9.17, 15) is 4.79 Å². The maximum Gasteiger partial charge on any atom is 0.287 e. The second-order valence-electron chi connectivity index (χ2n) is 5.79. The molecule has 0 saturated heterocycles. The van der Waals surface area contributed by atoms with Gasteiger partial charge in [-0.25, -0.2) is 0 Å². The Bertz CT molecular complexity index is 903. The fraction of sp³-hybridized carbons (Fsp3) is 0.211. The molecular formula is C19H17Cl2NO3. The highest BCUT2D eigenvalue weighted by Crippen LogP contribution is 2.27. The molecule has 1 aromatic heterocycles. The lowest BCUT2D eigenvalue weighted by atomic mass is 10.1. The van der Waals surface area contributed by atoms with Crippen LogP contribution >= 0.6 is 23.2 Å². The number of benzene rings is 2. The molecule has 4 nitrogen and oxygen atoms in total. The van der Waals surface area contributed by atoms with E-state index in [1.165, 1.54) is 0 Å². The minimum absolute atomic E-state index is 0.204. The molecule has 1 N–H and O–H groups in total. The van der Waals surface area contributed by atoms with Gasteiger partial charge in [0, 0.05) is 21.0 Å². The summed E-state index contributed by atoms with van der Waals surface area (Å²) in [5, 5.41) is 4.92. The number of furan rings is 1. The molecule has 0 aliphatic heterocycles. The number of hydrogen-bond acceptors (Lipinski definition) is 3. The van der Waals surface area contributed by atoms with E-state index in [4.69, 9.17) is 32.4 Å². The van der Waals surface area contributed by atoms with Crippen LogP contribution in [-0.2, 0) is 0 Å². The van der Waals surface area contributed by atoms with Crippen molar-refractivity contribution in [3.05, 3.63) is 63.8 Å². The van der Waals surface area contributed by atoms with Crippen molar-refractivity contribution >= 4 is 40.1 Å². The molecule has 0 radical (unpaired) electrons. The third-order valence-corrected chi connectivity index (χ3v) is 4.29. The molecule has 3 aromatic rings. The van der Waals surface area contributed by atoms with Gasteiger partial charge in [-0.3, -0.25) is 4.79 Å². The second-order valence-corrected chi connectivity index (χ2v) is 6.66. The van der Waals surface area contributed by atoms with E-state index in [1.54, 1.807) is 42.5 Å². The van der Waals surface area contributed by atoms with Gasteiger partial charge in [0.2, 0.25) is 0 Å². The normalized spacial score (nSPS) is 12.2. The van der Waals surface area contributed by atoms with Crippen molar-refractivity contribution in [2.24, 2.45) is 0 Å². The van der Waals surface area contributed by atoms with E-state index in [2.05, 4.69) is 5.32 Å². The fourth-order valence-electron chi connectivity index (χ4n) is 2.51.